The Balaban J connectivity index is 0.00000208. The average molecular weight is 381 g/mol. The van der Waals surface area contributed by atoms with Gasteiger partial charge in [-0.25, -0.2) is 0 Å². The molecule has 24 heavy (non-hydrogen) atoms. The van der Waals surface area contributed by atoms with E-state index >= 15 is 0 Å². The summed E-state index contributed by atoms with van der Waals surface area (Å²) in [5, 5.41) is 5.58. The average Bonchev–Trinajstić information content (AvgIpc) is 3.19. The number of halogens is 1. The second-order valence-electron chi connectivity index (χ2n) is 5.46. The lowest BCUT2D eigenvalue weighted by Gasteiger charge is -2.05. The number of hydrogen-bond acceptors (Lipinski definition) is 4. The number of rotatable bonds is 6. The normalized spacial score (nSPS) is 10.6. The summed E-state index contributed by atoms with van der Waals surface area (Å²) in [5.41, 5.74) is 2.95. The first kappa shape index (κ1) is 18.9. The molecule has 3 aromatic heterocycles. The molecule has 0 saturated heterocycles. The number of aromatic nitrogens is 1. The van der Waals surface area contributed by atoms with Gasteiger partial charge in [0.2, 0.25) is 0 Å². The Kier molecular flexibility index (Phi) is 6.80. The molecule has 0 spiro atoms. The molecule has 3 nitrogen and oxygen atoms in total. The van der Waals surface area contributed by atoms with Crippen molar-refractivity contribution in [2.45, 2.75) is 33.4 Å². The summed E-state index contributed by atoms with van der Waals surface area (Å²) in [5.74, 6) is 0. The van der Waals surface area contributed by atoms with Crippen molar-refractivity contribution in [3.05, 3.63) is 67.1 Å². The van der Waals surface area contributed by atoms with E-state index < -0.39 is 0 Å². The molecule has 0 aromatic carbocycles. The smallest absolute Gasteiger partial charge is 0.251 e. The van der Waals surface area contributed by atoms with Gasteiger partial charge in [-0.1, -0.05) is 13.0 Å². The third-order valence-corrected chi connectivity index (χ3v) is 5.80. The Bertz CT molecular complexity index is 837. The minimum absolute atomic E-state index is 0. The van der Waals surface area contributed by atoms with Crippen molar-refractivity contribution in [2.75, 3.05) is 0 Å². The number of aromatic amines is 1. The van der Waals surface area contributed by atoms with Gasteiger partial charge in [0.05, 0.1) is 0 Å². The summed E-state index contributed by atoms with van der Waals surface area (Å²) in [6.07, 6.45) is 0.753. The number of hydrogen-bond donors (Lipinski definition) is 2. The van der Waals surface area contributed by atoms with Gasteiger partial charge in [0.15, 0.2) is 0 Å². The standard InChI is InChI=1S/C18H20N2OS2.ClH/c1-3-13-9-16(12(2)20-18(13)21)17-7-6-15(23-17)11-19-10-14-5-4-8-22-14;/h4-9,19H,3,10-11H2,1-2H3,(H,20,21);1H. The van der Waals surface area contributed by atoms with Crippen LogP contribution in [-0.4, -0.2) is 4.98 Å². The maximum absolute atomic E-state index is 11.9. The monoisotopic (exact) mass is 380 g/mol. The Morgan fingerprint density at radius 1 is 1.17 bits per heavy atom. The number of aryl methyl sites for hydroxylation is 2. The van der Waals surface area contributed by atoms with E-state index in [4.69, 9.17) is 0 Å². The molecule has 0 radical (unpaired) electrons. The number of thiophene rings is 2. The molecule has 3 heterocycles. The van der Waals surface area contributed by atoms with Gasteiger partial charge in [0.1, 0.15) is 0 Å². The van der Waals surface area contributed by atoms with Crippen LogP contribution in [0.5, 0.6) is 0 Å². The highest BCUT2D eigenvalue weighted by Crippen LogP contribution is 2.30. The highest BCUT2D eigenvalue weighted by atomic mass is 35.5. The summed E-state index contributed by atoms with van der Waals surface area (Å²) in [7, 11) is 0. The molecule has 0 aliphatic heterocycles. The lowest BCUT2D eigenvalue weighted by molar-refractivity contribution is 0.709. The third kappa shape index (κ3) is 4.36. The van der Waals surface area contributed by atoms with Crippen LogP contribution >= 0.6 is 35.1 Å². The fraction of sp³-hybridized carbons (Fsp3) is 0.278. The van der Waals surface area contributed by atoms with Gasteiger partial charge < -0.3 is 10.3 Å². The predicted molar refractivity (Wildman–Crippen MR) is 107 cm³/mol. The molecular formula is C18H21ClN2OS2. The van der Waals surface area contributed by atoms with E-state index in [0.717, 1.165) is 36.3 Å². The molecule has 0 unspecified atom stereocenters. The van der Waals surface area contributed by atoms with Crippen molar-refractivity contribution in [1.82, 2.24) is 10.3 Å². The minimum Gasteiger partial charge on any atom is -0.326 e. The number of nitrogens with one attached hydrogen (secondary N) is 2. The quantitative estimate of drug-likeness (QED) is 0.648. The molecule has 2 N–H and O–H groups in total. The van der Waals surface area contributed by atoms with Crippen molar-refractivity contribution in [3.8, 4) is 10.4 Å². The molecule has 0 amide bonds. The molecule has 0 saturated carbocycles. The van der Waals surface area contributed by atoms with Crippen LogP contribution < -0.4 is 10.9 Å². The molecule has 6 heteroatoms. The Morgan fingerprint density at radius 2 is 1.96 bits per heavy atom. The van der Waals surface area contributed by atoms with Crippen LogP contribution in [0.4, 0.5) is 0 Å². The highest BCUT2D eigenvalue weighted by molar-refractivity contribution is 7.15. The van der Waals surface area contributed by atoms with Gasteiger partial charge >= 0.3 is 0 Å². The Morgan fingerprint density at radius 3 is 2.67 bits per heavy atom. The molecule has 3 aromatic rings. The largest absolute Gasteiger partial charge is 0.326 e. The second-order valence-corrected chi connectivity index (χ2v) is 7.67. The maximum Gasteiger partial charge on any atom is 0.251 e. The van der Waals surface area contributed by atoms with Crippen molar-refractivity contribution < 1.29 is 0 Å². The van der Waals surface area contributed by atoms with Gasteiger partial charge in [0, 0.05) is 44.5 Å². The van der Waals surface area contributed by atoms with Crippen LogP contribution in [0.15, 0.2) is 40.5 Å². The lowest BCUT2D eigenvalue weighted by Crippen LogP contribution is -2.13. The fourth-order valence-corrected chi connectivity index (χ4v) is 4.25. The summed E-state index contributed by atoms with van der Waals surface area (Å²) < 4.78 is 0. The second kappa shape index (κ2) is 8.62. The third-order valence-electron chi connectivity index (χ3n) is 3.80. The molecule has 0 bridgehead atoms. The van der Waals surface area contributed by atoms with Crippen LogP contribution in [0.1, 0.15) is 27.9 Å². The molecule has 128 valence electrons. The van der Waals surface area contributed by atoms with E-state index in [9.17, 15) is 4.79 Å². The first-order chi connectivity index (χ1) is 11.2. The first-order valence-corrected chi connectivity index (χ1v) is 9.42. The Hall–Kier alpha value is -1.40. The van der Waals surface area contributed by atoms with Gasteiger partial charge in [-0.15, -0.1) is 35.1 Å². The van der Waals surface area contributed by atoms with Crippen molar-refractivity contribution in [1.29, 1.82) is 0 Å². The van der Waals surface area contributed by atoms with Crippen LogP contribution in [0.3, 0.4) is 0 Å². The fourth-order valence-electron chi connectivity index (χ4n) is 2.52. The number of H-pyrrole nitrogens is 1. The molecule has 0 aliphatic carbocycles. The SMILES string of the molecule is CCc1cc(-c2ccc(CNCc3cccs3)s2)c(C)[nH]c1=O.Cl. The Labute approximate surface area is 156 Å². The molecule has 0 fully saturated rings. The minimum atomic E-state index is 0. The molecule has 0 aliphatic rings. The van der Waals surface area contributed by atoms with Gasteiger partial charge in [-0.2, -0.15) is 0 Å². The van der Waals surface area contributed by atoms with Crippen LogP contribution in [0, 0.1) is 6.92 Å². The van der Waals surface area contributed by atoms with Crippen LogP contribution in [-0.2, 0) is 19.5 Å². The van der Waals surface area contributed by atoms with E-state index in [2.05, 4.69) is 39.9 Å². The molecular weight excluding hydrogens is 360 g/mol. The van der Waals surface area contributed by atoms with Crippen molar-refractivity contribution >= 4 is 35.1 Å². The summed E-state index contributed by atoms with van der Waals surface area (Å²) in [4.78, 5) is 18.7. The van der Waals surface area contributed by atoms with Crippen molar-refractivity contribution in [3.63, 3.8) is 0 Å². The summed E-state index contributed by atoms with van der Waals surface area (Å²) in [6.45, 7) is 5.75. The van der Waals surface area contributed by atoms with E-state index in [1.807, 2.05) is 19.9 Å². The molecule has 0 atom stereocenters. The van der Waals surface area contributed by atoms with E-state index in [1.54, 1.807) is 22.7 Å². The summed E-state index contributed by atoms with van der Waals surface area (Å²) >= 11 is 3.56. The van der Waals surface area contributed by atoms with Crippen LogP contribution in [0.2, 0.25) is 0 Å². The van der Waals surface area contributed by atoms with Gasteiger partial charge in [-0.3, -0.25) is 4.79 Å². The topological polar surface area (TPSA) is 44.9 Å². The van der Waals surface area contributed by atoms with Crippen LogP contribution in [0.25, 0.3) is 10.4 Å². The number of pyridine rings is 1. The van der Waals surface area contributed by atoms with Gasteiger partial charge in [-0.05, 0) is 43.0 Å². The highest BCUT2D eigenvalue weighted by Gasteiger charge is 2.09. The van der Waals surface area contributed by atoms with E-state index in [0.29, 0.717) is 0 Å². The zero-order valence-electron chi connectivity index (χ0n) is 13.7. The van der Waals surface area contributed by atoms with Gasteiger partial charge in [0.25, 0.3) is 5.56 Å². The van der Waals surface area contributed by atoms with Crippen molar-refractivity contribution in [2.24, 2.45) is 0 Å². The maximum atomic E-state index is 11.9. The molecule has 3 rings (SSSR count). The zero-order valence-corrected chi connectivity index (χ0v) is 16.2. The predicted octanol–water partition coefficient (Wildman–Crippen LogP) is 4.75. The van der Waals surface area contributed by atoms with E-state index in [-0.39, 0.29) is 18.0 Å². The van der Waals surface area contributed by atoms with E-state index in [1.165, 1.54) is 14.6 Å². The zero-order chi connectivity index (χ0) is 16.2. The first-order valence-electron chi connectivity index (χ1n) is 7.72. The summed E-state index contributed by atoms with van der Waals surface area (Å²) in [6, 6.07) is 10.6. The lowest BCUT2D eigenvalue weighted by atomic mass is 10.1.